The van der Waals surface area contributed by atoms with E-state index >= 15 is 0 Å². The summed E-state index contributed by atoms with van der Waals surface area (Å²) >= 11 is 0. The minimum Gasteiger partial charge on any atom is -0.503 e. The van der Waals surface area contributed by atoms with Crippen LogP contribution >= 0.6 is 0 Å². The van der Waals surface area contributed by atoms with Crippen LogP contribution in [-0.2, 0) is 9.59 Å². The number of aliphatic hydroxyl groups excluding tert-OH is 1. The van der Waals surface area contributed by atoms with Gasteiger partial charge in [-0.2, -0.15) is 0 Å². The first-order valence-corrected chi connectivity index (χ1v) is 9.58. The highest BCUT2D eigenvalue weighted by molar-refractivity contribution is 6.10. The molecule has 1 aromatic heterocycles. The Hall–Kier alpha value is -2.21. The average Bonchev–Trinajstić information content (AvgIpc) is 3.49. The fourth-order valence-corrected chi connectivity index (χ4v) is 3.98. The van der Waals surface area contributed by atoms with Crippen LogP contribution < -0.4 is 0 Å². The standard InChI is InChI=1S/C20H25N3O3/c24-18(14-7-8-14)16-17(15-6-2-3-9-21-15)23(20(26)19(16)25)13-12-22-10-4-1-5-11-22/h2-3,6,9,14,17,25H,1,4-5,7-8,10-13H2. The highest BCUT2D eigenvalue weighted by atomic mass is 16.3. The van der Waals surface area contributed by atoms with Crippen LogP contribution in [0.1, 0.15) is 43.8 Å². The number of amides is 1. The lowest BCUT2D eigenvalue weighted by molar-refractivity contribution is -0.129. The van der Waals surface area contributed by atoms with E-state index in [9.17, 15) is 14.7 Å². The number of nitrogens with zero attached hydrogens (tertiary/aromatic N) is 3. The summed E-state index contributed by atoms with van der Waals surface area (Å²) in [5.74, 6) is -0.960. The normalized spacial score (nSPS) is 24.4. The molecule has 0 spiro atoms. The first kappa shape index (κ1) is 17.2. The molecule has 1 aromatic rings. The summed E-state index contributed by atoms with van der Waals surface area (Å²) < 4.78 is 0. The maximum atomic E-state index is 12.8. The molecule has 3 aliphatic rings. The molecule has 1 saturated carbocycles. The quantitative estimate of drug-likeness (QED) is 0.847. The zero-order chi connectivity index (χ0) is 18.1. The van der Waals surface area contributed by atoms with Crippen molar-refractivity contribution in [1.29, 1.82) is 0 Å². The number of likely N-dealkylation sites (tertiary alicyclic amines) is 1. The molecule has 2 aliphatic heterocycles. The average molecular weight is 355 g/mol. The van der Waals surface area contributed by atoms with E-state index in [2.05, 4.69) is 9.88 Å². The van der Waals surface area contributed by atoms with Gasteiger partial charge < -0.3 is 14.9 Å². The third kappa shape index (κ3) is 3.26. The molecule has 1 atom stereocenters. The molecule has 6 nitrogen and oxygen atoms in total. The first-order chi connectivity index (χ1) is 12.7. The molecule has 1 aliphatic carbocycles. The second-order valence-electron chi connectivity index (χ2n) is 7.46. The number of ketones is 1. The molecule has 0 aromatic carbocycles. The lowest BCUT2D eigenvalue weighted by Crippen LogP contribution is -2.40. The molecule has 0 bridgehead atoms. The van der Waals surface area contributed by atoms with Gasteiger partial charge in [0, 0.05) is 25.2 Å². The SMILES string of the molecule is O=C(C1=C(O)C(=O)N(CCN2CCCCC2)C1c1ccccn1)C1CC1. The van der Waals surface area contributed by atoms with Gasteiger partial charge in [-0.3, -0.25) is 14.6 Å². The van der Waals surface area contributed by atoms with Crippen LogP contribution in [0.4, 0.5) is 0 Å². The van der Waals surface area contributed by atoms with Crippen molar-refractivity contribution in [2.24, 2.45) is 5.92 Å². The summed E-state index contributed by atoms with van der Waals surface area (Å²) in [7, 11) is 0. The number of carbonyl (C=O) groups is 2. The topological polar surface area (TPSA) is 73.7 Å². The minimum atomic E-state index is -0.568. The van der Waals surface area contributed by atoms with Gasteiger partial charge in [-0.1, -0.05) is 12.5 Å². The van der Waals surface area contributed by atoms with E-state index in [1.54, 1.807) is 11.1 Å². The number of aromatic nitrogens is 1. The number of piperidine rings is 1. The molecule has 1 amide bonds. The largest absolute Gasteiger partial charge is 0.503 e. The number of pyridine rings is 1. The van der Waals surface area contributed by atoms with Crippen LogP contribution in [0.3, 0.4) is 0 Å². The number of carbonyl (C=O) groups excluding carboxylic acids is 2. The van der Waals surface area contributed by atoms with E-state index in [-0.39, 0.29) is 23.0 Å². The van der Waals surface area contributed by atoms with Crippen molar-refractivity contribution in [3.05, 3.63) is 41.4 Å². The molecule has 1 saturated heterocycles. The predicted octanol–water partition coefficient (Wildman–Crippen LogP) is 2.24. The summed E-state index contributed by atoms with van der Waals surface area (Å²) in [6, 6.07) is 4.92. The van der Waals surface area contributed by atoms with Gasteiger partial charge in [-0.05, 0) is 50.9 Å². The van der Waals surface area contributed by atoms with Crippen LogP contribution in [0.15, 0.2) is 35.7 Å². The maximum absolute atomic E-state index is 12.8. The van der Waals surface area contributed by atoms with Gasteiger partial charge in [0.1, 0.15) is 6.04 Å². The Morgan fingerprint density at radius 3 is 2.58 bits per heavy atom. The third-order valence-corrected chi connectivity index (χ3v) is 5.59. The van der Waals surface area contributed by atoms with Crippen molar-refractivity contribution >= 4 is 11.7 Å². The van der Waals surface area contributed by atoms with Gasteiger partial charge in [0.05, 0.1) is 11.3 Å². The van der Waals surface area contributed by atoms with E-state index in [0.29, 0.717) is 12.2 Å². The summed E-state index contributed by atoms with van der Waals surface area (Å²) in [5.41, 5.74) is 0.891. The van der Waals surface area contributed by atoms with E-state index < -0.39 is 11.9 Å². The second kappa shape index (κ2) is 7.19. The van der Waals surface area contributed by atoms with Gasteiger partial charge in [0.2, 0.25) is 0 Å². The van der Waals surface area contributed by atoms with Crippen LogP contribution in [0.25, 0.3) is 0 Å². The molecule has 2 fully saturated rings. The molecule has 4 rings (SSSR count). The van der Waals surface area contributed by atoms with Crippen molar-refractivity contribution in [3.8, 4) is 0 Å². The van der Waals surface area contributed by atoms with Crippen LogP contribution in [0, 0.1) is 5.92 Å². The summed E-state index contributed by atoms with van der Waals surface area (Å²) in [6.45, 7) is 3.34. The fraction of sp³-hybridized carbons (Fsp3) is 0.550. The lowest BCUT2D eigenvalue weighted by atomic mass is 9.97. The Labute approximate surface area is 153 Å². The molecule has 3 heterocycles. The lowest BCUT2D eigenvalue weighted by Gasteiger charge is -2.31. The molecule has 138 valence electrons. The van der Waals surface area contributed by atoms with Crippen molar-refractivity contribution in [1.82, 2.24) is 14.8 Å². The summed E-state index contributed by atoms with van der Waals surface area (Å²) in [4.78, 5) is 33.9. The molecular formula is C20H25N3O3. The number of hydrogen-bond donors (Lipinski definition) is 1. The van der Waals surface area contributed by atoms with E-state index in [1.165, 1.54) is 19.3 Å². The Balaban J connectivity index is 1.59. The van der Waals surface area contributed by atoms with E-state index in [4.69, 9.17) is 0 Å². The Kier molecular flexibility index (Phi) is 4.76. The predicted molar refractivity (Wildman–Crippen MR) is 96.4 cm³/mol. The van der Waals surface area contributed by atoms with E-state index in [1.807, 2.05) is 18.2 Å². The van der Waals surface area contributed by atoms with Gasteiger partial charge in [0.25, 0.3) is 5.91 Å². The van der Waals surface area contributed by atoms with Crippen molar-refractivity contribution in [3.63, 3.8) is 0 Å². The summed E-state index contributed by atoms with van der Waals surface area (Å²) in [6.07, 6.45) is 6.98. The number of rotatable bonds is 6. The monoisotopic (exact) mass is 355 g/mol. The fourth-order valence-electron chi connectivity index (χ4n) is 3.98. The van der Waals surface area contributed by atoms with Crippen LogP contribution in [0.5, 0.6) is 0 Å². The Morgan fingerprint density at radius 2 is 1.92 bits per heavy atom. The number of aliphatic hydroxyl groups is 1. The first-order valence-electron chi connectivity index (χ1n) is 9.58. The van der Waals surface area contributed by atoms with Crippen LogP contribution in [-0.4, -0.2) is 57.8 Å². The zero-order valence-corrected chi connectivity index (χ0v) is 14.9. The smallest absolute Gasteiger partial charge is 0.290 e. The van der Waals surface area contributed by atoms with Gasteiger partial charge in [-0.25, -0.2) is 0 Å². The van der Waals surface area contributed by atoms with Crippen molar-refractivity contribution in [2.75, 3.05) is 26.2 Å². The van der Waals surface area contributed by atoms with Gasteiger partial charge in [0.15, 0.2) is 11.5 Å². The van der Waals surface area contributed by atoms with Crippen molar-refractivity contribution in [2.45, 2.75) is 38.1 Å². The molecule has 6 heteroatoms. The van der Waals surface area contributed by atoms with Crippen molar-refractivity contribution < 1.29 is 14.7 Å². The van der Waals surface area contributed by atoms with E-state index in [0.717, 1.165) is 32.5 Å². The Morgan fingerprint density at radius 1 is 1.15 bits per heavy atom. The third-order valence-electron chi connectivity index (χ3n) is 5.59. The maximum Gasteiger partial charge on any atom is 0.290 e. The van der Waals surface area contributed by atoms with Crippen LogP contribution in [0.2, 0.25) is 0 Å². The highest BCUT2D eigenvalue weighted by Gasteiger charge is 2.47. The molecule has 26 heavy (non-hydrogen) atoms. The second-order valence-corrected chi connectivity index (χ2v) is 7.46. The summed E-state index contributed by atoms with van der Waals surface area (Å²) in [5, 5.41) is 10.5. The highest BCUT2D eigenvalue weighted by Crippen LogP contribution is 2.42. The Bertz CT molecular complexity index is 721. The zero-order valence-electron chi connectivity index (χ0n) is 14.9. The number of Topliss-reactive ketones (excluding diaryl/α,β-unsaturated/α-hetero) is 1. The molecule has 1 unspecified atom stereocenters. The molecule has 0 radical (unpaired) electrons. The minimum absolute atomic E-state index is 0.0480. The molecular weight excluding hydrogens is 330 g/mol. The number of hydrogen-bond acceptors (Lipinski definition) is 5. The van der Waals surface area contributed by atoms with Gasteiger partial charge in [-0.15, -0.1) is 0 Å². The molecule has 1 N–H and O–H groups in total. The van der Waals surface area contributed by atoms with Gasteiger partial charge >= 0.3 is 0 Å².